The summed E-state index contributed by atoms with van der Waals surface area (Å²) in [5, 5.41) is 0. The zero-order chi connectivity index (χ0) is 20.3. The lowest BCUT2D eigenvalue weighted by Crippen LogP contribution is -2.41. The predicted octanol–water partition coefficient (Wildman–Crippen LogP) is 1.38. The minimum atomic E-state index is -4.03. The number of nitrogens with one attached hydrogen (secondary N) is 1. The molecule has 0 spiro atoms. The summed E-state index contributed by atoms with van der Waals surface area (Å²) < 4.78 is 28.2. The monoisotopic (exact) mass is 400 g/mol. The number of anilines is 2. The molecule has 1 heterocycles. The molecular formula is C19H20N4O4S. The topological polar surface area (TPSA) is 118 Å². The van der Waals surface area contributed by atoms with E-state index in [4.69, 9.17) is 5.73 Å². The molecule has 0 aliphatic carbocycles. The number of nitrogens with two attached hydrogens (primary N) is 1. The predicted molar refractivity (Wildman–Crippen MR) is 108 cm³/mol. The third kappa shape index (κ3) is 3.56. The summed E-state index contributed by atoms with van der Waals surface area (Å²) in [6.07, 6.45) is 0. The molecule has 0 saturated carbocycles. The van der Waals surface area contributed by atoms with Gasteiger partial charge in [0.05, 0.1) is 11.4 Å². The third-order valence-corrected chi connectivity index (χ3v) is 6.15. The number of aromatic nitrogens is 2. The highest BCUT2D eigenvalue weighted by Gasteiger charge is 2.29. The van der Waals surface area contributed by atoms with Crippen LogP contribution in [0.5, 0.6) is 0 Å². The molecule has 0 radical (unpaired) electrons. The molecule has 0 aliphatic rings. The highest BCUT2D eigenvalue weighted by Crippen LogP contribution is 2.24. The molecule has 0 atom stereocenters. The van der Waals surface area contributed by atoms with Crippen molar-refractivity contribution in [3.05, 3.63) is 87.1 Å². The molecule has 0 unspecified atom stereocenters. The summed E-state index contributed by atoms with van der Waals surface area (Å²) in [5.41, 5.74) is 5.07. The van der Waals surface area contributed by atoms with Crippen LogP contribution in [0.15, 0.2) is 75.1 Å². The van der Waals surface area contributed by atoms with Gasteiger partial charge in [-0.2, -0.15) is 0 Å². The Balaban J connectivity index is 2.16. The van der Waals surface area contributed by atoms with E-state index in [1.165, 1.54) is 12.1 Å². The van der Waals surface area contributed by atoms with E-state index >= 15 is 0 Å². The zero-order valence-electron chi connectivity index (χ0n) is 15.2. The molecule has 9 heteroatoms. The number of aromatic amines is 1. The molecule has 1 aromatic heterocycles. The summed E-state index contributed by atoms with van der Waals surface area (Å²) in [6, 6.07) is 16.8. The molecule has 3 aromatic rings. The quantitative estimate of drug-likeness (QED) is 0.648. The molecule has 0 saturated heterocycles. The number of benzene rings is 2. The third-order valence-electron chi connectivity index (χ3n) is 4.27. The summed E-state index contributed by atoms with van der Waals surface area (Å²) in [6.45, 7) is 1.65. The number of hydrogen-bond acceptors (Lipinski definition) is 5. The van der Waals surface area contributed by atoms with Crippen molar-refractivity contribution in [2.24, 2.45) is 0 Å². The van der Waals surface area contributed by atoms with E-state index in [0.717, 1.165) is 14.4 Å². The number of nitrogen functional groups attached to an aromatic ring is 1. The van der Waals surface area contributed by atoms with Crippen LogP contribution in [-0.2, 0) is 16.6 Å². The van der Waals surface area contributed by atoms with Crippen molar-refractivity contribution < 1.29 is 8.42 Å². The van der Waals surface area contributed by atoms with Crippen molar-refractivity contribution in [3.8, 4) is 0 Å². The molecule has 146 valence electrons. The fourth-order valence-electron chi connectivity index (χ4n) is 2.91. The maximum Gasteiger partial charge on any atom is 0.330 e. The van der Waals surface area contributed by atoms with Crippen LogP contribution in [0, 0.1) is 0 Å². The molecule has 8 nitrogen and oxygen atoms in total. The standard InChI is InChI=1S/C19H20N4O4S/c1-2-23(28(26,27)15-11-7-4-8-12-15)16-17(20)22(19(25)21-18(16)24)13-14-9-5-3-6-10-14/h3-12H,2,13,20H2,1H3,(H,21,24,25). The van der Waals surface area contributed by atoms with Crippen LogP contribution in [0.3, 0.4) is 0 Å². The first kappa shape index (κ1) is 19.4. The molecule has 0 fully saturated rings. The Labute approximate surface area is 161 Å². The second kappa shape index (κ2) is 7.73. The maximum atomic E-state index is 13.1. The van der Waals surface area contributed by atoms with E-state index in [0.29, 0.717) is 0 Å². The summed E-state index contributed by atoms with van der Waals surface area (Å²) in [5.74, 6) is -0.209. The second-order valence-electron chi connectivity index (χ2n) is 6.05. The van der Waals surface area contributed by atoms with Crippen LogP contribution < -0.4 is 21.3 Å². The van der Waals surface area contributed by atoms with Crippen LogP contribution in [-0.4, -0.2) is 24.5 Å². The van der Waals surface area contributed by atoms with Crippen LogP contribution in [0.4, 0.5) is 11.5 Å². The normalized spacial score (nSPS) is 11.3. The molecule has 28 heavy (non-hydrogen) atoms. The Kier molecular flexibility index (Phi) is 5.36. The van der Waals surface area contributed by atoms with Crippen molar-refractivity contribution in [1.29, 1.82) is 0 Å². The average molecular weight is 400 g/mol. The Morgan fingerprint density at radius 3 is 2.14 bits per heavy atom. The Bertz CT molecular complexity index is 1190. The minimum Gasteiger partial charge on any atom is -0.383 e. The van der Waals surface area contributed by atoms with Gasteiger partial charge in [0.1, 0.15) is 5.82 Å². The van der Waals surface area contributed by atoms with Crippen LogP contribution in [0.2, 0.25) is 0 Å². The number of nitrogens with zero attached hydrogens (tertiary/aromatic N) is 2. The fourth-order valence-corrected chi connectivity index (χ4v) is 4.42. The van der Waals surface area contributed by atoms with Gasteiger partial charge in [-0.25, -0.2) is 13.2 Å². The smallest absolute Gasteiger partial charge is 0.330 e. The first-order valence-electron chi connectivity index (χ1n) is 8.60. The lowest BCUT2D eigenvalue weighted by atomic mass is 10.2. The van der Waals surface area contributed by atoms with E-state index in [9.17, 15) is 18.0 Å². The van der Waals surface area contributed by atoms with Gasteiger partial charge < -0.3 is 5.73 Å². The summed E-state index contributed by atoms with van der Waals surface area (Å²) in [4.78, 5) is 27.0. The molecule has 3 rings (SSSR count). The average Bonchev–Trinajstić information content (AvgIpc) is 2.69. The maximum absolute atomic E-state index is 13.1. The van der Waals surface area contributed by atoms with Gasteiger partial charge in [0, 0.05) is 6.54 Å². The Morgan fingerprint density at radius 2 is 1.57 bits per heavy atom. The summed E-state index contributed by atoms with van der Waals surface area (Å²) >= 11 is 0. The Hall–Kier alpha value is -3.33. The van der Waals surface area contributed by atoms with E-state index < -0.39 is 21.3 Å². The van der Waals surface area contributed by atoms with Crippen LogP contribution >= 0.6 is 0 Å². The van der Waals surface area contributed by atoms with Crippen molar-refractivity contribution in [2.45, 2.75) is 18.4 Å². The molecule has 0 bridgehead atoms. The van der Waals surface area contributed by atoms with Gasteiger partial charge in [-0.3, -0.25) is 18.7 Å². The van der Waals surface area contributed by atoms with Gasteiger partial charge in [-0.15, -0.1) is 0 Å². The number of hydrogen-bond donors (Lipinski definition) is 2. The molecule has 3 N–H and O–H groups in total. The van der Waals surface area contributed by atoms with Crippen LogP contribution in [0.1, 0.15) is 12.5 Å². The van der Waals surface area contributed by atoms with E-state index in [-0.39, 0.29) is 29.5 Å². The SMILES string of the molecule is CCN(c1c(N)n(Cc2ccccc2)c(=O)[nH]c1=O)S(=O)(=O)c1ccccc1. The van der Waals surface area contributed by atoms with Gasteiger partial charge in [0.2, 0.25) is 0 Å². The fraction of sp³-hybridized carbons (Fsp3) is 0.158. The molecule has 0 amide bonds. The van der Waals surface area contributed by atoms with Crippen molar-refractivity contribution >= 4 is 21.5 Å². The van der Waals surface area contributed by atoms with Gasteiger partial charge in [0.15, 0.2) is 5.69 Å². The van der Waals surface area contributed by atoms with Crippen molar-refractivity contribution in [1.82, 2.24) is 9.55 Å². The lowest BCUT2D eigenvalue weighted by molar-refractivity contribution is 0.591. The Morgan fingerprint density at radius 1 is 1.00 bits per heavy atom. The van der Waals surface area contributed by atoms with Crippen molar-refractivity contribution in [3.63, 3.8) is 0 Å². The lowest BCUT2D eigenvalue weighted by Gasteiger charge is -2.24. The minimum absolute atomic E-state index is 0.0245. The van der Waals surface area contributed by atoms with E-state index in [1.54, 1.807) is 49.4 Å². The first-order chi connectivity index (χ1) is 13.4. The molecule has 2 aromatic carbocycles. The van der Waals surface area contributed by atoms with Gasteiger partial charge in [-0.05, 0) is 24.6 Å². The summed E-state index contributed by atoms with van der Waals surface area (Å²) in [7, 11) is -4.03. The van der Waals surface area contributed by atoms with Crippen LogP contribution in [0.25, 0.3) is 0 Å². The van der Waals surface area contributed by atoms with Gasteiger partial charge >= 0.3 is 5.69 Å². The number of H-pyrrole nitrogens is 1. The van der Waals surface area contributed by atoms with E-state index in [2.05, 4.69) is 4.98 Å². The molecular weight excluding hydrogens is 380 g/mol. The van der Waals surface area contributed by atoms with Gasteiger partial charge in [0.25, 0.3) is 15.6 Å². The van der Waals surface area contributed by atoms with E-state index in [1.807, 2.05) is 6.07 Å². The second-order valence-corrected chi connectivity index (χ2v) is 7.91. The highest BCUT2D eigenvalue weighted by atomic mass is 32.2. The highest BCUT2D eigenvalue weighted by molar-refractivity contribution is 7.92. The number of rotatable bonds is 6. The van der Waals surface area contributed by atoms with Crippen molar-refractivity contribution in [2.75, 3.05) is 16.6 Å². The first-order valence-corrected chi connectivity index (χ1v) is 10.0. The number of sulfonamides is 1. The zero-order valence-corrected chi connectivity index (χ0v) is 16.0. The molecule has 0 aliphatic heterocycles. The van der Waals surface area contributed by atoms with Gasteiger partial charge in [-0.1, -0.05) is 48.5 Å². The largest absolute Gasteiger partial charge is 0.383 e.